The predicted octanol–water partition coefficient (Wildman–Crippen LogP) is 2.33. The minimum atomic E-state index is -0.364. The van der Waals surface area contributed by atoms with E-state index in [1.165, 1.54) is 7.11 Å². The van der Waals surface area contributed by atoms with Gasteiger partial charge in [-0.15, -0.1) is 0 Å². The summed E-state index contributed by atoms with van der Waals surface area (Å²) in [7, 11) is 1.43. The van der Waals surface area contributed by atoms with Crippen LogP contribution in [-0.4, -0.2) is 19.7 Å². The van der Waals surface area contributed by atoms with Gasteiger partial charge in [-0.05, 0) is 13.0 Å². The third kappa shape index (κ3) is 3.11. The molecule has 4 nitrogen and oxygen atoms in total. The van der Waals surface area contributed by atoms with Crippen molar-refractivity contribution in [1.29, 1.82) is 5.26 Å². The first-order chi connectivity index (χ1) is 8.13. The molecular formula is C12H12ClNO3. The number of halogens is 1. The Hall–Kier alpha value is -1.73. The van der Waals surface area contributed by atoms with E-state index in [-0.39, 0.29) is 18.0 Å². The van der Waals surface area contributed by atoms with Crippen LogP contribution in [0.25, 0.3) is 0 Å². The second kappa shape index (κ2) is 6.12. The van der Waals surface area contributed by atoms with Crippen molar-refractivity contribution in [3.8, 4) is 11.8 Å². The Labute approximate surface area is 105 Å². The number of hydrogen-bond donors (Lipinski definition) is 0. The van der Waals surface area contributed by atoms with Gasteiger partial charge in [0.1, 0.15) is 17.4 Å². The third-order valence-corrected chi connectivity index (χ3v) is 2.46. The number of methoxy groups -OCH3 is 1. The van der Waals surface area contributed by atoms with Crippen molar-refractivity contribution in [2.24, 2.45) is 0 Å². The molecule has 0 spiro atoms. The minimum absolute atomic E-state index is 0.0584. The van der Waals surface area contributed by atoms with E-state index >= 15 is 0 Å². The van der Waals surface area contributed by atoms with Gasteiger partial charge in [0.25, 0.3) is 0 Å². The average molecular weight is 254 g/mol. The molecular weight excluding hydrogens is 242 g/mol. The highest BCUT2D eigenvalue weighted by molar-refractivity contribution is 6.32. The lowest BCUT2D eigenvalue weighted by Crippen LogP contribution is -2.09. The van der Waals surface area contributed by atoms with Crippen LogP contribution in [0.2, 0.25) is 5.02 Å². The fraction of sp³-hybridized carbons (Fsp3) is 0.333. The lowest BCUT2D eigenvalue weighted by Gasteiger charge is -2.10. The zero-order chi connectivity index (χ0) is 12.8. The summed E-state index contributed by atoms with van der Waals surface area (Å²) in [5.74, 6) is -0.0370. The maximum Gasteiger partial charge on any atom is 0.310 e. The summed E-state index contributed by atoms with van der Waals surface area (Å²) in [6.07, 6.45) is 0.0584. The average Bonchev–Trinajstić information content (AvgIpc) is 2.31. The number of ether oxygens (including phenoxy) is 2. The molecule has 5 heteroatoms. The van der Waals surface area contributed by atoms with Crippen molar-refractivity contribution < 1.29 is 14.3 Å². The van der Waals surface area contributed by atoms with Gasteiger partial charge in [0.05, 0.1) is 25.2 Å². The quantitative estimate of drug-likeness (QED) is 0.773. The normalized spacial score (nSPS) is 9.53. The second-order valence-electron chi connectivity index (χ2n) is 3.21. The minimum Gasteiger partial charge on any atom is -0.495 e. The number of carbonyl (C=O) groups is 1. The molecule has 0 bridgehead atoms. The summed E-state index contributed by atoms with van der Waals surface area (Å²) in [5.41, 5.74) is 0.822. The second-order valence-corrected chi connectivity index (χ2v) is 3.62. The van der Waals surface area contributed by atoms with E-state index in [1.54, 1.807) is 19.1 Å². The van der Waals surface area contributed by atoms with Crippen molar-refractivity contribution in [2.75, 3.05) is 13.7 Å². The molecule has 0 radical (unpaired) electrons. The van der Waals surface area contributed by atoms with Crippen LogP contribution in [0.4, 0.5) is 0 Å². The summed E-state index contributed by atoms with van der Waals surface area (Å²) in [4.78, 5) is 11.4. The molecule has 0 N–H and O–H groups in total. The monoisotopic (exact) mass is 253 g/mol. The first kappa shape index (κ1) is 13.3. The highest BCUT2D eigenvalue weighted by atomic mass is 35.5. The van der Waals surface area contributed by atoms with Crippen LogP contribution >= 0.6 is 11.6 Å². The molecule has 1 aromatic carbocycles. The summed E-state index contributed by atoms with van der Waals surface area (Å²) < 4.78 is 9.95. The molecule has 0 aromatic heterocycles. The van der Waals surface area contributed by atoms with Crippen LogP contribution in [0.1, 0.15) is 18.1 Å². The molecule has 1 aromatic rings. The van der Waals surface area contributed by atoms with Gasteiger partial charge >= 0.3 is 5.97 Å². The van der Waals surface area contributed by atoms with Crippen molar-refractivity contribution in [3.05, 3.63) is 28.3 Å². The Bertz CT molecular complexity index is 466. The van der Waals surface area contributed by atoms with Gasteiger partial charge in [-0.25, -0.2) is 0 Å². The van der Waals surface area contributed by atoms with E-state index in [9.17, 15) is 4.79 Å². The maximum absolute atomic E-state index is 11.4. The zero-order valence-corrected chi connectivity index (χ0v) is 10.4. The highest BCUT2D eigenvalue weighted by Crippen LogP contribution is 2.30. The van der Waals surface area contributed by atoms with Gasteiger partial charge in [-0.2, -0.15) is 5.26 Å². The molecule has 0 amide bonds. The number of nitrogens with zero attached hydrogens (tertiary/aromatic N) is 1. The van der Waals surface area contributed by atoms with Crippen LogP contribution in [0.15, 0.2) is 12.1 Å². The lowest BCUT2D eigenvalue weighted by molar-refractivity contribution is -0.142. The van der Waals surface area contributed by atoms with Crippen molar-refractivity contribution in [1.82, 2.24) is 0 Å². The van der Waals surface area contributed by atoms with E-state index in [1.807, 2.05) is 6.07 Å². The van der Waals surface area contributed by atoms with Gasteiger partial charge < -0.3 is 9.47 Å². The molecule has 0 heterocycles. The van der Waals surface area contributed by atoms with Gasteiger partial charge in [-0.3, -0.25) is 4.79 Å². The molecule has 0 atom stereocenters. The first-order valence-electron chi connectivity index (χ1n) is 5.05. The first-order valence-corrected chi connectivity index (χ1v) is 5.42. The number of esters is 1. The molecule has 90 valence electrons. The van der Waals surface area contributed by atoms with Crippen molar-refractivity contribution >= 4 is 17.6 Å². The number of hydrogen-bond acceptors (Lipinski definition) is 4. The van der Waals surface area contributed by atoms with Crippen LogP contribution in [0.3, 0.4) is 0 Å². The summed E-state index contributed by atoms with van der Waals surface area (Å²) >= 11 is 5.86. The maximum atomic E-state index is 11.4. The fourth-order valence-electron chi connectivity index (χ4n) is 1.45. The summed E-state index contributed by atoms with van der Waals surface area (Å²) in [6, 6.07) is 5.17. The number of rotatable bonds is 4. The molecule has 0 fully saturated rings. The molecule has 1 rings (SSSR count). The predicted molar refractivity (Wildman–Crippen MR) is 63.1 cm³/mol. The van der Waals surface area contributed by atoms with Crippen LogP contribution < -0.4 is 4.74 Å². The van der Waals surface area contributed by atoms with Crippen LogP contribution in [-0.2, 0) is 16.0 Å². The van der Waals surface area contributed by atoms with Gasteiger partial charge in [0, 0.05) is 5.56 Å². The largest absolute Gasteiger partial charge is 0.495 e. The Kier molecular flexibility index (Phi) is 4.80. The van der Waals surface area contributed by atoms with Crippen LogP contribution in [0.5, 0.6) is 5.75 Å². The van der Waals surface area contributed by atoms with Gasteiger partial charge in [0.15, 0.2) is 0 Å². The molecule has 0 saturated carbocycles. The van der Waals surface area contributed by atoms with E-state index in [0.717, 1.165) is 0 Å². The SMILES string of the molecule is CCOC(=O)Cc1ccc(Cl)c(C#N)c1OC. The summed E-state index contributed by atoms with van der Waals surface area (Å²) in [6.45, 7) is 2.05. The molecule has 0 saturated heterocycles. The fourth-order valence-corrected chi connectivity index (χ4v) is 1.64. The van der Waals surface area contributed by atoms with Gasteiger partial charge in [-0.1, -0.05) is 17.7 Å². The molecule has 0 aliphatic carbocycles. The Morgan fingerprint density at radius 2 is 2.24 bits per heavy atom. The molecule has 17 heavy (non-hydrogen) atoms. The topological polar surface area (TPSA) is 59.3 Å². The number of benzene rings is 1. The van der Waals surface area contributed by atoms with Gasteiger partial charge in [0.2, 0.25) is 0 Å². The Morgan fingerprint density at radius 1 is 1.53 bits per heavy atom. The van der Waals surface area contributed by atoms with Crippen molar-refractivity contribution in [2.45, 2.75) is 13.3 Å². The molecule has 0 aliphatic rings. The molecule has 0 unspecified atom stereocenters. The third-order valence-electron chi connectivity index (χ3n) is 2.14. The Morgan fingerprint density at radius 3 is 2.76 bits per heavy atom. The lowest BCUT2D eigenvalue weighted by atomic mass is 10.1. The van der Waals surface area contributed by atoms with E-state index in [0.29, 0.717) is 22.9 Å². The number of nitriles is 1. The zero-order valence-electron chi connectivity index (χ0n) is 9.62. The smallest absolute Gasteiger partial charge is 0.310 e. The number of carbonyl (C=O) groups excluding carboxylic acids is 1. The van der Waals surface area contributed by atoms with E-state index in [4.69, 9.17) is 26.3 Å². The molecule has 0 aliphatic heterocycles. The standard InChI is InChI=1S/C12H12ClNO3/c1-3-17-11(15)6-8-4-5-10(13)9(7-14)12(8)16-2/h4-5H,3,6H2,1-2H3. The van der Waals surface area contributed by atoms with E-state index < -0.39 is 0 Å². The highest BCUT2D eigenvalue weighted by Gasteiger charge is 2.15. The van der Waals surface area contributed by atoms with Crippen molar-refractivity contribution in [3.63, 3.8) is 0 Å². The Balaban J connectivity index is 3.09. The van der Waals surface area contributed by atoms with Crippen LogP contribution in [0, 0.1) is 11.3 Å². The summed E-state index contributed by atoms with van der Waals surface area (Å²) in [5, 5.41) is 9.26. The van der Waals surface area contributed by atoms with E-state index in [2.05, 4.69) is 0 Å².